The predicted octanol–water partition coefficient (Wildman–Crippen LogP) is 2.51. The molecule has 0 aromatic carbocycles. The van der Waals surface area contributed by atoms with Crippen LogP contribution in [0.1, 0.15) is 26.2 Å². The predicted molar refractivity (Wildman–Crippen MR) is 63.6 cm³/mol. The van der Waals surface area contributed by atoms with E-state index >= 15 is 0 Å². The molecule has 15 heavy (non-hydrogen) atoms. The van der Waals surface area contributed by atoms with E-state index in [2.05, 4.69) is 17.2 Å². The summed E-state index contributed by atoms with van der Waals surface area (Å²) in [5, 5.41) is 3.37. The van der Waals surface area contributed by atoms with Crippen molar-refractivity contribution in [3.8, 4) is 0 Å². The minimum Gasteiger partial charge on any atom is -0.399 e. The van der Waals surface area contributed by atoms with Gasteiger partial charge in [-0.25, -0.2) is 4.98 Å². The summed E-state index contributed by atoms with van der Waals surface area (Å²) in [5.41, 5.74) is 6.46. The summed E-state index contributed by atoms with van der Waals surface area (Å²) >= 11 is 0. The SMILES string of the molecule is CC1CCCC1CNc1cc(N)ccn1. The molecule has 0 radical (unpaired) electrons. The zero-order valence-electron chi connectivity index (χ0n) is 9.24. The van der Waals surface area contributed by atoms with E-state index in [0.717, 1.165) is 29.9 Å². The van der Waals surface area contributed by atoms with Crippen molar-refractivity contribution >= 4 is 11.5 Å². The zero-order valence-corrected chi connectivity index (χ0v) is 9.24. The molecule has 1 heterocycles. The molecule has 3 nitrogen and oxygen atoms in total. The summed E-state index contributed by atoms with van der Waals surface area (Å²) in [7, 11) is 0. The van der Waals surface area contributed by atoms with Gasteiger partial charge in [0.15, 0.2) is 0 Å². The molecule has 0 bridgehead atoms. The zero-order chi connectivity index (χ0) is 10.7. The minimum atomic E-state index is 0.770. The maximum absolute atomic E-state index is 5.69. The van der Waals surface area contributed by atoms with E-state index in [1.165, 1.54) is 19.3 Å². The Labute approximate surface area is 91.1 Å². The summed E-state index contributed by atoms with van der Waals surface area (Å²) in [6.45, 7) is 3.36. The van der Waals surface area contributed by atoms with Crippen LogP contribution in [-0.2, 0) is 0 Å². The highest BCUT2D eigenvalue weighted by Crippen LogP contribution is 2.31. The molecule has 2 unspecified atom stereocenters. The molecule has 0 amide bonds. The number of nitrogens with two attached hydrogens (primary N) is 1. The Hall–Kier alpha value is -1.25. The van der Waals surface area contributed by atoms with Crippen molar-refractivity contribution in [1.82, 2.24) is 4.98 Å². The van der Waals surface area contributed by atoms with Crippen LogP contribution >= 0.6 is 0 Å². The topological polar surface area (TPSA) is 50.9 Å². The van der Waals surface area contributed by atoms with Gasteiger partial charge in [0.05, 0.1) is 0 Å². The van der Waals surface area contributed by atoms with E-state index in [9.17, 15) is 0 Å². The summed E-state index contributed by atoms with van der Waals surface area (Å²) in [5.74, 6) is 2.54. The van der Waals surface area contributed by atoms with Gasteiger partial charge in [0, 0.05) is 24.5 Å². The van der Waals surface area contributed by atoms with Crippen molar-refractivity contribution < 1.29 is 0 Å². The van der Waals surface area contributed by atoms with Gasteiger partial charge in [-0.15, -0.1) is 0 Å². The number of nitrogen functional groups attached to an aromatic ring is 1. The third kappa shape index (κ3) is 2.61. The van der Waals surface area contributed by atoms with E-state index in [4.69, 9.17) is 5.73 Å². The molecule has 1 saturated carbocycles. The van der Waals surface area contributed by atoms with Gasteiger partial charge < -0.3 is 11.1 Å². The highest BCUT2D eigenvalue weighted by molar-refractivity contribution is 5.48. The third-order valence-electron chi connectivity index (χ3n) is 3.37. The molecule has 2 rings (SSSR count). The molecule has 1 aromatic heterocycles. The largest absolute Gasteiger partial charge is 0.399 e. The van der Waals surface area contributed by atoms with Gasteiger partial charge in [0.2, 0.25) is 0 Å². The monoisotopic (exact) mass is 205 g/mol. The molecule has 3 heteroatoms. The number of hydrogen-bond acceptors (Lipinski definition) is 3. The molecular weight excluding hydrogens is 186 g/mol. The molecule has 1 aliphatic carbocycles. The quantitative estimate of drug-likeness (QED) is 0.797. The van der Waals surface area contributed by atoms with Crippen LogP contribution in [0.2, 0.25) is 0 Å². The number of nitrogens with zero attached hydrogens (tertiary/aromatic N) is 1. The molecule has 82 valence electrons. The second-order valence-corrected chi connectivity index (χ2v) is 4.52. The first-order valence-corrected chi connectivity index (χ1v) is 5.71. The van der Waals surface area contributed by atoms with Crippen LogP contribution in [0.5, 0.6) is 0 Å². The normalized spacial score (nSPS) is 25.4. The Bertz CT molecular complexity index is 324. The van der Waals surface area contributed by atoms with Crippen molar-refractivity contribution in [3.63, 3.8) is 0 Å². The first-order valence-electron chi connectivity index (χ1n) is 5.71. The van der Waals surface area contributed by atoms with Gasteiger partial charge in [-0.2, -0.15) is 0 Å². The summed E-state index contributed by atoms with van der Waals surface area (Å²) in [6.07, 6.45) is 5.83. The van der Waals surface area contributed by atoms with Gasteiger partial charge in [0.1, 0.15) is 5.82 Å². The Kier molecular flexibility index (Phi) is 3.09. The number of rotatable bonds is 3. The van der Waals surface area contributed by atoms with E-state index in [1.54, 1.807) is 6.20 Å². The van der Waals surface area contributed by atoms with Gasteiger partial charge in [-0.05, 0) is 24.3 Å². The molecule has 0 saturated heterocycles. The van der Waals surface area contributed by atoms with Gasteiger partial charge in [-0.3, -0.25) is 0 Å². The molecule has 0 spiro atoms. The van der Waals surface area contributed by atoms with Crippen LogP contribution in [0.4, 0.5) is 11.5 Å². The van der Waals surface area contributed by atoms with Crippen LogP contribution in [0.25, 0.3) is 0 Å². The molecular formula is C12H19N3. The fourth-order valence-electron chi connectivity index (χ4n) is 2.30. The van der Waals surface area contributed by atoms with Gasteiger partial charge in [0.25, 0.3) is 0 Å². The molecule has 2 atom stereocenters. The molecule has 0 aliphatic heterocycles. The fraction of sp³-hybridized carbons (Fsp3) is 0.583. The molecule has 1 aromatic rings. The lowest BCUT2D eigenvalue weighted by molar-refractivity contribution is 0.439. The van der Waals surface area contributed by atoms with Crippen LogP contribution in [-0.4, -0.2) is 11.5 Å². The van der Waals surface area contributed by atoms with E-state index in [0.29, 0.717) is 0 Å². The number of aromatic nitrogens is 1. The maximum Gasteiger partial charge on any atom is 0.127 e. The van der Waals surface area contributed by atoms with Gasteiger partial charge >= 0.3 is 0 Å². The van der Waals surface area contributed by atoms with Crippen molar-refractivity contribution in [3.05, 3.63) is 18.3 Å². The average Bonchev–Trinajstić information content (AvgIpc) is 2.61. The fourth-order valence-corrected chi connectivity index (χ4v) is 2.30. The van der Waals surface area contributed by atoms with Crippen LogP contribution in [0, 0.1) is 11.8 Å². The number of nitrogens with one attached hydrogen (secondary N) is 1. The number of hydrogen-bond donors (Lipinski definition) is 2. The standard InChI is InChI=1S/C12H19N3/c1-9-3-2-4-10(9)8-15-12-7-11(13)5-6-14-12/h5-7,9-10H,2-4,8H2,1H3,(H3,13,14,15). The number of anilines is 2. The average molecular weight is 205 g/mol. The first-order chi connectivity index (χ1) is 7.25. The van der Waals surface area contributed by atoms with Crippen molar-refractivity contribution in [2.45, 2.75) is 26.2 Å². The first kappa shape index (κ1) is 10.3. The third-order valence-corrected chi connectivity index (χ3v) is 3.37. The van der Waals surface area contributed by atoms with E-state index in [1.807, 2.05) is 12.1 Å². The Morgan fingerprint density at radius 3 is 3.07 bits per heavy atom. The highest BCUT2D eigenvalue weighted by Gasteiger charge is 2.22. The lowest BCUT2D eigenvalue weighted by Crippen LogP contribution is -2.17. The van der Waals surface area contributed by atoms with Crippen LogP contribution in [0.15, 0.2) is 18.3 Å². The molecule has 1 fully saturated rings. The van der Waals surface area contributed by atoms with Crippen LogP contribution < -0.4 is 11.1 Å². The lowest BCUT2D eigenvalue weighted by Gasteiger charge is -2.16. The highest BCUT2D eigenvalue weighted by atomic mass is 15.0. The minimum absolute atomic E-state index is 0.770. The number of pyridine rings is 1. The second-order valence-electron chi connectivity index (χ2n) is 4.52. The lowest BCUT2D eigenvalue weighted by atomic mass is 9.98. The van der Waals surface area contributed by atoms with Crippen molar-refractivity contribution in [2.75, 3.05) is 17.6 Å². The Morgan fingerprint density at radius 2 is 2.40 bits per heavy atom. The van der Waals surface area contributed by atoms with Crippen molar-refractivity contribution in [2.24, 2.45) is 11.8 Å². The Balaban J connectivity index is 1.87. The molecule has 1 aliphatic rings. The summed E-state index contributed by atoms with van der Waals surface area (Å²) in [6, 6.07) is 3.70. The van der Waals surface area contributed by atoms with Crippen molar-refractivity contribution in [1.29, 1.82) is 0 Å². The molecule has 3 N–H and O–H groups in total. The Morgan fingerprint density at radius 1 is 1.53 bits per heavy atom. The smallest absolute Gasteiger partial charge is 0.127 e. The summed E-state index contributed by atoms with van der Waals surface area (Å²) in [4.78, 5) is 4.23. The van der Waals surface area contributed by atoms with Gasteiger partial charge in [-0.1, -0.05) is 19.8 Å². The van der Waals surface area contributed by atoms with E-state index < -0.39 is 0 Å². The van der Waals surface area contributed by atoms with E-state index in [-0.39, 0.29) is 0 Å². The maximum atomic E-state index is 5.69. The summed E-state index contributed by atoms with van der Waals surface area (Å²) < 4.78 is 0. The van der Waals surface area contributed by atoms with Crippen LogP contribution in [0.3, 0.4) is 0 Å². The second kappa shape index (κ2) is 4.51.